The summed E-state index contributed by atoms with van der Waals surface area (Å²) < 4.78 is 0. The van der Waals surface area contributed by atoms with Crippen LogP contribution >= 0.6 is 0 Å². The Morgan fingerprint density at radius 3 is 2.63 bits per heavy atom. The van der Waals surface area contributed by atoms with Crippen LogP contribution in [-0.2, 0) is 22.0 Å². The fraction of sp³-hybridized carbons (Fsp3) is 0.560. The van der Waals surface area contributed by atoms with Crippen LogP contribution < -0.4 is 0 Å². The predicted molar refractivity (Wildman–Crippen MR) is 114 cm³/mol. The standard InChI is InChI=1S/C25H36O2/c1-7-9-14-24(4,5)22-13-12-20(16-19(22)8-2)25(6)17-21(25)11-10-18(3)15-23(26)27/h10-13,15-16,21H,7-9,14,17H2,1-6H3,(H,26,27)/b11-10+,18-15+/t21-,25-/m1/s1. The molecule has 1 fully saturated rings. The minimum absolute atomic E-state index is 0.177. The second-order valence-electron chi connectivity index (χ2n) is 9.03. The van der Waals surface area contributed by atoms with Crippen molar-refractivity contribution in [3.8, 4) is 0 Å². The average Bonchev–Trinajstić information content (AvgIpc) is 3.28. The molecule has 0 radical (unpaired) electrons. The molecule has 0 spiro atoms. The van der Waals surface area contributed by atoms with Gasteiger partial charge in [0.05, 0.1) is 0 Å². The minimum Gasteiger partial charge on any atom is -0.478 e. The van der Waals surface area contributed by atoms with E-state index in [4.69, 9.17) is 5.11 Å². The Morgan fingerprint density at radius 1 is 1.33 bits per heavy atom. The second kappa shape index (κ2) is 8.46. The number of hydrogen-bond donors (Lipinski definition) is 1. The van der Waals surface area contributed by atoms with Gasteiger partial charge in [0.15, 0.2) is 0 Å². The molecule has 2 atom stereocenters. The SMILES string of the molecule is CCCCC(C)(C)c1ccc([C@@]2(C)C[C@H]2/C=C/C(C)=C/C(=O)O)cc1CC. The predicted octanol–water partition coefficient (Wildman–Crippen LogP) is 6.58. The highest BCUT2D eigenvalue weighted by atomic mass is 16.4. The Labute approximate surface area is 165 Å². The largest absolute Gasteiger partial charge is 0.478 e. The fourth-order valence-corrected chi connectivity index (χ4v) is 4.18. The van der Waals surface area contributed by atoms with E-state index in [0.29, 0.717) is 5.92 Å². The van der Waals surface area contributed by atoms with Gasteiger partial charge >= 0.3 is 5.97 Å². The summed E-state index contributed by atoms with van der Waals surface area (Å²) in [6.45, 7) is 13.4. The summed E-state index contributed by atoms with van der Waals surface area (Å²) in [4.78, 5) is 10.8. The molecule has 148 valence electrons. The molecule has 1 aromatic carbocycles. The Balaban J connectivity index is 2.21. The highest BCUT2D eigenvalue weighted by Crippen LogP contribution is 2.55. The first kappa shape index (κ1) is 21.5. The summed E-state index contributed by atoms with van der Waals surface area (Å²) in [5, 5.41) is 8.84. The molecule has 0 amide bonds. The third kappa shape index (κ3) is 5.12. The van der Waals surface area contributed by atoms with Gasteiger partial charge in [-0.2, -0.15) is 0 Å². The lowest BCUT2D eigenvalue weighted by Crippen LogP contribution is -2.20. The molecule has 1 aliphatic rings. The Kier molecular flexibility index (Phi) is 6.72. The average molecular weight is 369 g/mol. The Morgan fingerprint density at radius 2 is 2.04 bits per heavy atom. The molecule has 1 saturated carbocycles. The lowest BCUT2D eigenvalue weighted by Gasteiger charge is -2.29. The van der Waals surface area contributed by atoms with Crippen molar-refractivity contribution in [3.63, 3.8) is 0 Å². The number of carbonyl (C=O) groups is 1. The van der Waals surface area contributed by atoms with E-state index < -0.39 is 5.97 Å². The highest BCUT2D eigenvalue weighted by Gasteiger charge is 2.49. The van der Waals surface area contributed by atoms with E-state index in [0.717, 1.165) is 18.4 Å². The summed E-state index contributed by atoms with van der Waals surface area (Å²) in [6.07, 6.45) is 11.3. The first-order chi connectivity index (χ1) is 12.6. The van der Waals surface area contributed by atoms with E-state index in [1.807, 2.05) is 13.0 Å². The minimum atomic E-state index is -0.885. The van der Waals surface area contributed by atoms with Gasteiger partial charge in [-0.1, -0.05) is 77.8 Å². The third-order valence-electron chi connectivity index (χ3n) is 6.27. The lowest BCUT2D eigenvalue weighted by atomic mass is 9.76. The highest BCUT2D eigenvalue weighted by molar-refractivity contribution is 5.81. The number of aryl methyl sites for hydroxylation is 1. The van der Waals surface area contributed by atoms with Crippen LogP contribution in [0.3, 0.4) is 0 Å². The zero-order valence-corrected chi connectivity index (χ0v) is 17.9. The summed E-state index contributed by atoms with van der Waals surface area (Å²) in [7, 11) is 0. The maximum absolute atomic E-state index is 10.8. The van der Waals surface area contributed by atoms with Crippen LogP contribution in [0.25, 0.3) is 0 Å². The first-order valence-corrected chi connectivity index (χ1v) is 10.4. The number of aliphatic carboxylic acids is 1. The van der Waals surface area contributed by atoms with E-state index in [1.165, 1.54) is 42.0 Å². The molecular weight excluding hydrogens is 332 g/mol. The van der Waals surface area contributed by atoms with E-state index in [1.54, 1.807) is 0 Å². The zero-order valence-electron chi connectivity index (χ0n) is 17.9. The quantitative estimate of drug-likeness (QED) is 0.395. The molecule has 1 N–H and O–H groups in total. The maximum Gasteiger partial charge on any atom is 0.328 e. The number of benzene rings is 1. The monoisotopic (exact) mass is 368 g/mol. The normalized spacial score (nSPS) is 23.0. The lowest BCUT2D eigenvalue weighted by molar-refractivity contribution is -0.131. The summed E-state index contributed by atoms with van der Waals surface area (Å²) in [5.74, 6) is -0.400. The van der Waals surface area contributed by atoms with Gasteiger partial charge in [-0.05, 0) is 65.2 Å². The molecule has 2 rings (SSSR count). The van der Waals surface area contributed by atoms with Crippen LogP contribution in [0.15, 0.2) is 42.0 Å². The van der Waals surface area contributed by atoms with Crippen molar-refractivity contribution in [1.82, 2.24) is 0 Å². The van der Waals surface area contributed by atoms with Crippen molar-refractivity contribution < 1.29 is 9.90 Å². The summed E-state index contributed by atoms with van der Waals surface area (Å²) in [6, 6.07) is 7.12. The van der Waals surface area contributed by atoms with Crippen molar-refractivity contribution >= 4 is 5.97 Å². The smallest absolute Gasteiger partial charge is 0.328 e. The van der Waals surface area contributed by atoms with Gasteiger partial charge in [-0.15, -0.1) is 0 Å². The molecule has 0 bridgehead atoms. The summed E-state index contributed by atoms with van der Waals surface area (Å²) in [5.41, 5.74) is 5.59. The van der Waals surface area contributed by atoms with Gasteiger partial charge in [-0.25, -0.2) is 4.79 Å². The molecule has 2 nitrogen and oxygen atoms in total. The van der Waals surface area contributed by atoms with E-state index >= 15 is 0 Å². The van der Waals surface area contributed by atoms with E-state index in [2.05, 4.69) is 58.9 Å². The first-order valence-electron chi connectivity index (χ1n) is 10.4. The number of carboxylic acid groups (broad SMARTS) is 1. The Bertz CT molecular complexity index is 739. The van der Waals surface area contributed by atoms with Gasteiger partial charge in [0, 0.05) is 6.08 Å². The molecule has 0 unspecified atom stereocenters. The topological polar surface area (TPSA) is 37.3 Å². The van der Waals surface area contributed by atoms with Crippen molar-refractivity contribution in [2.75, 3.05) is 0 Å². The molecule has 27 heavy (non-hydrogen) atoms. The zero-order chi connectivity index (χ0) is 20.2. The van der Waals surface area contributed by atoms with Crippen LogP contribution in [0, 0.1) is 5.92 Å². The number of unbranched alkanes of at least 4 members (excludes halogenated alkanes) is 1. The van der Waals surface area contributed by atoms with Gasteiger partial charge in [-0.3, -0.25) is 0 Å². The van der Waals surface area contributed by atoms with Crippen molar-refractivity contribution in [2.45, 2.75) is 84.5 Å². The molecule has 0 heterocycles. The van der Waals surface area contributed by atoms with Gasteiger partial charge < -0.3 is 5.11 Å². The number of carboxylic acids is 1. The van der Waals surface area contributed by atoms with Gasteiger partial charge in [0.2, 0.25) is 0 Å². The van der Waals surface area contributed by atoms with Crippen LogP contribution in [-0.4, -0.2) is 11.1 Å². The van der Waals surface area contributed by atoms with Crippen molar-refractivity contribution in [3.05, 3.63) is 58.7 Å². The van der Waals surface area contributed by atoms with Crippen LogP contribution in [0.2, 0.25) is 0 Å². The number of rotatable bonds is 9. The fourth-order valence-electron chi connectivity index (χ4n) is 4.18. The Hall–Kier alpha value is -1.83. The number of allylic oxidation sites excluding steroid dienone is 3. The summed E-state index contributed by atoms with van der Waals surface area (Å²) >= 11 is 0. The second-order valence-corrected chi connectivity index (χ2v) is 9.03. The van der Waals surface area contributed by atoms with Gasteiger partial charge in [0.1, 0.15) is 0 Å². The molecule has 1 aliphatic carbocycles. The van der Waals surface area contributed by atoms with Crippen molar-refractivity contribution in [1.29, 1.82) is 0 Å². The molecule has 0 saturated heterocycles. The van der Waals surface area contributed by atoms with E-state index in [-0.39, 0.29) is 10.8 Å². The van der Waals surface area contributed by atoms with Crippen LogP contribution in [0.1, 0.15) is 83.9 Å². The molecule has 0 aromatic heterocycles. The molecule has 2 heteroatoms. The molecule has 1 aromatic rings. The third-order valence-corrected chi connectivity index (χ3v) is 6.27. The molecule has 0 aliphatic heterocycles. The molecular formula is C25H36O2. The van der Waals surface area contributed by atoms with Gasteiger partial charge in [0.25, 0.3) is 0 Å². The van der Waals surface area contributed by atoms with Crippen molar-refractivity contribution in [2.24, 2.45) is 5.92 Å². The van der Waals surface area contributed by atoms with Crippen LogP contribution in [0.5, 0.6) is 0 Å². The van der Waals surface area contributed by atoms with E-state index in [9.17, 15) is 4.79 Å². The van der Waals surface area contributed by atoms with Crippen LogP contribution in [0.4, 0.5) is 0 Å². The maximum atomic E-state index is 10.8. The number of hydrogen-bond acceptors (Lipinski definition) is 1.